The van der Waals surface area contributed by atoms with Crippen LogP contribution in [0.25, 0.3) is 0 Å². The second kappa shape index (κ2) is 8.52. The minimum Gasteiger partial charge on any atom is -0.497 e. The number of amides is 1. The molecule has 0 aliphatic carbocycles. The van der Waals surface area contributed by atoms with Crippen molar-refractivity contribution < 1.29 is 14.3 Å². The molecule has 5 nitrogen and oxygen atoms in total. The molecule has 0 atom stereocenters. The Hall–Kier alpha value is -2.82. The number of benzene rings is 2. The highest BCUT2D eigenvalue weighted by Crippen LogP contribution is 2.27. The van der Waals surface area contributed by atoms with Gasteiger partial charge in [-0.05, 0) is 59.4 Å². The van der Waals surface area contributed by atoms with Gasteiger partial charge in [-0.25, -0.2) is 5.43 Å². The van der Waals surface area contributed by atoms with Crippen molar-refractivity contribution in [2.45, 2.75) is 33.1 Å². The molecular formula is C21H26N2O3. The summed E-state index contributed by atoms with van der Waals surface area (Å²) in [5.41, 5.74) is 5.64. The Labute approximate surface area is 155 Å². The molecular weight excluding hydrogens is 328 g/mol. The largest absolute Gasteiger partial charge is 0.497 e. The van der Waals surface area contributed by atoms with E-state index in [-0.39, 0.29) is 17.9 Å². The maximum atomic E-state index is 11.9. The monoisotopic (exact) mass is 354 g/mol. The summed E-state index contributed by atoms with van der Waals surface area (Å²) in [5.74, 6) is 1.16. The molecule has 0 saturated heterocycles. The van der Waals surface area contributed by atoms with E-state index >= 15 is 0 Å². The first-order chi connectivity index (χ1) is 12.3. The molecule has 26 heavy (non-hydrogen) atoms. The number of ether oxygens (including phenoxy) is 2. The fourth-order valence-corrected chi connectivity index (χ4v) is 2.32. The van der Waals surface area contributed by atoms with Crippen LogP contribution in [0.1, 0.15) is 37.5 Å². The van der Waals surface area contributed by atoms with E-state index in [2.05, 4.69) is 37.4 Å². The third-order valence-corrected chi connectivity index (χ3v) is 3.92. The zero-order valence-corrected chi connectivity index (χ0v) is 16.0. The van der Waals surface area contributed by atoms with Gasteiger partial charge < -0.3 is 9.47 Å². The van der Waals surface area contributed by atoms with Gasteiger partial charge in [0.1, 0.15) is 11.5 Å². The number of hydrogen-bond donors (Lipinski definition) is 1. The number of aryl methyl sites for hydroxylation is 1. The predicted molar refractivity (Wildman–Crippen MR) is 104 cm³/mol. The highest BCUT2D eigenvalue weighted by molar-refractivity contribution is 5.83. The van der Waals surface area contributed by atoms with Crippen molar-refractivity contribution in [1.29, 1.82) is 0 Å². The van der Waals surface area contributed by atoms with Gasteiger partial charge in [0.2, 0.25) is 0 Å². The number of methoxy groups -OCH3 is 1. The van der Waals surface area contributed by atoms with Gasteiger partial charge in [-0.1, -0.05) is 32.9 Å². The predicted octanol–water partition coefficient (Wildman–Crippen LogP) is 3.83. The zero-order chi connectivity index (χ0) is 19.2. The van der Waals surface area contributed by atoms with Crippen molar-refractivity contribution in [2.24, 2.45) is 5.10 Å². The van der Waals surface area contributed by atoms with E-state index in [1.165, 1.54) is 5.56 Å². The molecule has 1 amide bonds. The third-order valence-electron chi connectivity index (χ3n) is 3.92. The summed E-state index contributed by atoms with van der Waals surface area (Å²) in [5, 5.41) is 3.93. The molecule has 1 N–H and O–H groups in total. The quantitative estimate of drug-likeness (QED) is 0.633. The Morgan fingerprint density at radius 3 is 2.42 bits per heavy atom. The zero-order valence-electron chi connectivity index (χ0n) is 16.0. The van der Waals surface area contributed by atoms with Crippen molar-refractivity contribution in [2.75, 3.05) is 13.7 Å². The van der Waals surface area contributed by atoms with Crippen molar-refractivity contribution >= 4 is 12.1 Å². The van der Waals surface area contributed by atoms with Crippen LogP contribution in [-0.2, 0) is 10.2 Å². The molecule has 0 aromatic heterocycles. The summed E-state index contributed by atoms with van der Waals surface area (Å²) in [4.78, 5) is 11.9. The summed E-state index contributed by atoms with van der Waals surface area (Å²) in [6.45, 7) is 8.38. The van der Waals surface area contributed by atoms with Crippen LogP contribution >= 0.6 is 0 Å². The summed E-state index contributed by atoms with van der Waals surface area (Å²) in [6.07, 6.45) is 1.57. The van der Waals surface area contributed by atoms with Gasteiger partial charge in [-0.3, -0.25) is 4.79 Å². The van der Waals surface area contributed by atoms with Crippen molar-refractivity contribution in [3.05, 3.63) is 59.2 Å². The van der Waals surface area contributed by atoms with Gasteiger partial charge in [0.15, 0.2) is 6.61 Å². The minimum atomic E-state index is -0.311. The molecule has 138 valence electrons. The summed E-state index contributed by atoms with van der Waals surface area (Å²) >= 11 is 0. The fourth-order valence-electron chi connectivity index (χ4n) is 2.32. The highest BCUT2D eigenvalue weighted by atomic mass is 16.5. The lowest BCUT2D eigenvalue weighted by atomic mass is 9.86. The Kier molecular flexibility index (Phi) is 6.39. The van der Waals surface area contributed by atoms with E-state index in [1.807, 2.05) is 43.3 Å². The van der Waals surface area contributed by atoms with Crippen molar-refractivity contribution in [3.8, 4) is 11.5 Å². The van der Waals surface area contributed by atoms with E-state index in [9.17, 15) is 4.79 Å². The molecule has 0 bridgehead atoms. The summed E-state index contributed by atoms with van der Waals surface area (Å²) in [7, 11) is 1.61. The molecule has 0 heterocycles. The molecule has 0 radical (unpaired) electrons. The molecule has 0 aliphatic heterocycles. The summed E-state index contributed by atoms with van der Waals surface area (Å²) < 4.78 is 10.7. The number of nitrogens with zero attached hydrogens (tertiary/aromatic N) is 1. The Morgan fingerprint density at radius 2 is 1.85 bits per heavy atom. The number of rotatable bonds is 6. The van der Waals surface area contributed by atoms with Gasteiger partial charge in [0.25, 0.3) is 5.91 Å². The molecule has 2 rings (SSSR count). The first-order valence-corrected chi connectivity index (χ1v) is 8.49. The van der Waals surface area contributed by atoms with Crippen LogP contribution in [0.4, 0.5) is 0 Å². The Bertz CT molecular complexity index is 775. The van der Waals surface area contributed by atoms with E-state index in [0.29, 0.717) is 5.75 Å². The van der Waals surface area contributed by atoms with Crippen LogP contribution in [0, 0.1) is 6.92 Å². The van der Waals surface area contributed by atoms with Crippen LogP contribution in [0.2, 0.25) is 0 Å². The molecule has 0 spiro atoms. The normalized spacial score (nSPS) is 11.4. The van der Waals surface area contributed by atoms with Crippen LogP contribution in [-0.4, -0.2) is 25.8 Å². The van der Waals surface area contributed by atoms with Crippen LogP contribution < -0.4 is 14.9 Å². The van der Waals surface area contributed by atoms with Gasteiger partial charge in [0, 0.05) is 0 Å². The number of carbonyl (C=O) groups excluding carboxylic acids is 1. The van der Waals surface area contributed by atoms with E-state index < -0.39 is 0 Å². The molecule has 2 aromatic rings. The Morgan fingerprint density at radius 1 is 1.15 bits per heavy atom. The van der Waals surface area contributed by atoms with Crippen LogP contribution in [0.15, 0.2) is 47.6 Å². The van der Waals surface area contributed by atoms with Gasteiger partial charge in [-0.15, -0.1) is 0 Å². The molecule has 0 fully saturated rings. The van der Waals surface area contributed by atoms with Crippen molar-refractivity contribution in [1.82, 2.24) is 5.43 Å². The first-order valence-electron chi connectivity index (χ1n) is 8.49. The van der Waals surface area contributed by atoms with E-state index in [1.54, 1.807) is 13.3 Å². The van der Waals surface area contributed by atoms with Crippen LogP contribution in [0.5, 0.6) is 11.5 Å². The maximum Gasteiger partial charge on any atom is 0.277 e. The average molecular weight is 354 g/mol. The van der Waals surface area contributed by atoms with Gasteiger partial charge >= 0.3 is 0 Å². The van der Waals surface area contributed by atoms with Crippen LogP contribution in [0.3, 0.4) is 0 Å². The Balaban J connectivity index is 1.85. The van der Waals surface area contributed by atoms with E-state index in [4.69, 9.17) is 9.47 Å². The lowest BCUT2D eigenvalue weighted by Gasteiger charge is -2.20. The molecule has 0 saturated carbocycles. The average Bonchev–Trinajstić information content (AvgIpc) is 2.60. The lowest BCUT2D eigenvalue weighted by molar-refractivity contribution is -0.123. The number of nitrogens with one attached hydrogen (secondary N) is 1. The van der Waals surface area contributed by atoms with Crippen molar-refractivity contribution in [3.63, 3.8) is 0 Å². The maximum absolute atomic E-state index is 11.9. The fraction of sp³-hybridized carbons (Fsp3) is 0.333. The number of hydrazone groups is 1. The number of hydrogen-bond acceptors (Lipinski definition) is 4. The molecule has 0 aliphatic rings. The topological polar surface area (TPSA) is 59.9 Å². The first kappa shape index (κ1) is 19.5. The van der Waals surface area contributed by atoms with Gasteiger partial charge in [-0.2, -0.15) is 5.10 Å². The third kappa shape index (κ3) is 5.62. The SMILES string of the molecule is COc1ccc(/C=N\NC(=O)COc2ccc(C(C)(C)C)cc2C)cc1. The second-order valence-electron chi connectivity index (χ2n) is 7.09. The summed E-state index contributed by atoms with van der Waals surface area (Å²) in [6, 6.07) is 13.4. The second-order valence-corrected chi connectivity index (χ2v) is 7.09. The van der Waals surface area contributed by atoms with Gasteiger partial charge in [0.05, 0.1) is 13.3 Å². The molecule has 2 aromatic carbocycles. The van der Waals surface area contributed by atoms with E-state index in [0.717, 1.165) is 16.9 Å². The molecule has 5 heteroatoms. The number of carbonyl (C=O) groups is 1. The lowest BCUT2D eigenvalue weighted by Crippen LogP contribution is -2.24. The molecule has 0 unspecified atom stereocenters. The highest BCUT2D eigenvalue weighted by Gasteiger charge is 2.15. The standard InChI is InChI=1S/C21H26N2O3/c1-15-12-17(21(2,3)4)8-11-19(15)26-14-20(24)23-22-13-16-6-9-18(25-5)10-7-16/h6-13H,14H2,1-5H3,(H,23,24)/b22-13-. The smallest absolute Gasteiger partial charge is 0.277 e. The minimum absolute atomic E-state index is 0.0802.